The molecular weight excluding hydrogens is 142 g/mol. The van der Waals surface area contributed by atoms with E-state index in [1.807, 2.05) is 0 Å². The predicted octanol–water partition coefficient (Wildman–Crippen LogP) is 2.03. The maximum absolute atomic E-state index is 5.69. The van der Waals surface area contributed by atoms with Gasteiger partial charge in [-0.05, 0) is 26.1 Å². The first-order chi connectivity index (χ1) is 4.58. The number of hydrogen-bond acceptors (Lipinski definition) is 2. The molecule has 0 spiro atoms. The monoisotopic (exact) mass is 157 g/mol. The van der Waals surface area contributed by atoms with Crippen LogP contribution in [0.15, 0.2) is 4.99 Å². The van der Waals surface area contributed by atoms with Crippen LogP contribution in [0, 0.1) is 0 Å². The van der Waals surface area contributed by atoms with E-state index in [4.69, 9.17) is 4.43 Å². The van der Waals surface area contributed by atoms with Crippen molar-refractivity contribution >= 4 is 14.2 Å². The summed E-state index contributed by atoms with van der Waals surface area (Å²) in [5.74, 6) is 0.999. The van der Waals surface area contributed by atoms with Gasteiger partial charge in [-0.15, -0.1) is 0 Å². The molecule has 1 heterocycles. The van der Waals surface area contributed by atoms with Crippen LogP contribution in [0.2, 0.25) is 19.6 Å². The van der Waals surface area contributed by atoms with Crippen LogP contribution in [0.5, 0.6) is 0 Å². The lowest BCUT2D eigenvalue weighted by Gasteiger charge is -2.18. The van der Waals surface area contributed by atoms with Crippen molar-refractivity contribution in [3.05, 3.63) is 0 Å². The van der Waals surface area contributed by atoms with E-state index in [0.29, 0.717) is 0 Å². The lowest BCUT2D eigenvalue weighted by atomic mass is 10.4. The van der Waals surface area contributed by atoms with Crippen molar-refractivity contribution in [2.24, 2.45) is 4.99 Å². The molecule has 0 aliphatic carbocycles. The molecule has 0 aromatic heterocycles. The summed E-state index contributed by atoms with van der Waals surface area (Å²) in [6, 6.07) is 0. The predicted molar refractivity (Wildman–Crippen MR) is 46.0 cm³/mol. The SMILES string of the molecule is C[Si](C)(C)OC1=NCCC1. The quantitative estimate of drug-likeness (QED) is 0.534. The lowest BCUT2D eigenvalue weighted by Crippen LogP contribution is -2.28. The van der Waals surface area contributed by atoms with Gasteiger partial charge in [-0.2, -0.15) is 0 Å². The Kier molecular flexibility index (Phi) is 2.13. The van der Waals surface area contributed by atoms with Crippen molar-refractivity contribution in [3.8, 4) is 0 Å². The summed E-state index contributed by atoms with van der Waals surface area (Å²) >= 11 is 0. The van der Waals surface area contributed by atoms with Gasteiger partial charge in [0.15, 0.2) is 5.90 Å². The Balaban J connectivity index is 2.38. The van der Waals surface area contributed by atoms with Crippen molar-refractivity contribution in [2.75, 3.05) is 6.54 Å². The van der Waals surface area contributed by atoms with Crippen LogP contribution >= 0.6 is 0 Å². The molecule has 0 atom stereocenters. The molecule has 2 nitrogen and oxygen atoms in total. The Morgan fingerprint density at radius 2 is 2.10 bits per heavy atom. The van der Waals surface area contributed by atoms with Crippen LogP contribution in [-0.2, 0) is 4.43 Å². The molecule has 1 aliphatic heterocycles. The van der Waals surface area contributed by atoms with Gasteiger partial charge < -0.3 is 4.43 Å². The first kappa shape index (κ1) is 7.79. The molecule has 0 amide bonds. The summed E-state index contributed by atoms with van der Waals surface area (Å²) < 4.78 is 5.69. The normalized spacial score (nSPS) is 18.9. The average Bonchev–Trinajstić information content (AvgIpc) is 2.12. The molecule has 0 bridgehead atoms. The average molecular weight is 157 g/mol. The summed E-state index contributed by atoms with van der Waals surface area (Å²) in [5.41, 5.74) is 0. The van der Waals surface area contributed by atoms with Gasteiger partial charge in [-0.3, -0.25) is 4.99 Å². The maximum atomic E-state index is 5.69. The van der Waals surface area contributed by atoms with Crippen molar-refractivity contribution in [1.82, 2.24) is 0 Å². The Hall–Kier alpha value is -0.313. The van der Waals surface area contributed by atoms with Gasteiger partial charge in [-0.1, -0.05) is 0 Å². The van der Waals surface area contributed by atoms with Gasteiger partial charge in [0, 0.05) is 13.0 Å². The molecule has 3 heteroatoms. The third-order valence-corrected chi connectivity index (χ3v) is 2.11. The number of nitrogens with zero attached hydrogens (tertiary/aromatic N) is 1. The van der Waals surface area contributed by atoms with Gasteiger partial charge in [0.1, 0.15) is 0 Å². The van der Waals surface area contributed by atoms with Crippen LogP contribution in [-0.4, -0.2) is 20.8 Å². The zero-order chi connectivity index (χ0) is 7.61. The molecule has 0 fully saturated rings. The Morgan fingerprint density at radius 1 is 1.40 bits per heavy atom. The van der Waals surface area contributed by atoms with Crippen LogP contribution in [0.3, 0.4) is 0 Å². The summed E-state index contributed by atoms with van der Waals surface area (Å²) in [6.45, 7) is 7.54. The van der Waals surface area contributed by atoms with E-state index in [-0.39, 0.29) is 0 Å². The van der Waals surface area contributed by atoms with Gasteiger partial charge in [-0.25, -0.2) is 0 Å². The second kappa shape index (κ2) is 2.74. The van der Waals surface area contributed by atoms with Crippen LogP contribution in [0.1, 0.15) is 12.8 Å². The van der Waals surface area contributed by atoms with Crippen LogP contribution in [0.4, 0.5) is 0 Å². The molecule has 0 radical (unpaired) electrons. The highest BCUT2D eigenvalue weighted by Crippen LogP contribution is 2.11. The molecule has 0 unspecified atom stereocenters. The highest BCUT2D eigenvalue weighted by molar-refractivity contribution is 6.71. The van der Waals surface area contributed by atoms with Crippen LogP contribution < -0.4 is 0 Å². The minimum Gasteiger partial charge on any atom is -0.535 e. The largest absolute Gasteiger partial charge is 0.535 e. The maximum Gasteiger partial charge on any atom is 0.243 e. The molecular formula is C7H15NOSi. The summed E-state index contributed by atoms with van der Waals surface area (Å²) in [7, 11) is -1.35. The zero-order valence-corrected chi connectivity index (χ0v) is 7.98. The van der Waals surface area contributed by atoms with Gasteiger partial charge >= 0.3 is 0 Å². The first-order valence-electron chi connectivity index (χ1n) is 3.80. The molecule has 0 saturated heterocycles. The highest BCUT2D eigenvalue weighted by Gasteiger charge is 2.19. The zero-order valence-electron chi connectivity index (χ0n) is 6.98. The van der Waals surface area contributed by atoms with Gasteiger partial charge in [0.25, 0.3) is 0 Å². The van der Waals surface area contributed by atoms with E-state index in [2.05, 4.69) is 24.6 Å². The standard InChI is InChI=1S/C7H15NOSi/c1-10(2,3)9-7-5-4-6-8-7/h4-6H2,1-3H3. The molecule has 0 N–H and O–H groups in total. The fraction of sp³-hybridized carbons (Fsp3) is 0.857. The highest BCUT2D eigenvalue weighted by atomic mass is 28.4. The number of rotatable bonds is 1. The van der Waals surface area contributed by atoms with E-state index in [1.165, 1.54) is 6.42 Å². The smallest absolute Gasteiger partial charge is 0.243 e. The van der Waals surface area contributed by atoms with Crippen molar-refractivity contribution in [3.63, 3.8) is 0 Å². The Morgan fingerprint density at radius 3 is 2.50 bits per heavy atom. The van der Waals surface area contributed by atoms with Crippen molar-refractivity contribution < 1.29 is 4.43 Å². The van der Waals surface area contributed by atoms with Crippen LogP contribution in [0.25, 0.3) is 0 Å². The second-order valence-corrected chi connectivity index (χ2v) is 8.02. The number of hydrogen-bond donors (Lipinski definition) is 0. The summed E-state index contributed by atoms with van der Waals surface area (Å²) in [5, 5.41) is 0. The molecule has 1 aliphatic rings. The third-order valence-electron chi connectivity index (χ3n) is 1.26. The van der Waals surface area contributed by atoms with Crippen molar-refractivity contribution in [1.29, 1.82) is 0 Å². The molecule has 10 heavy (non-hydrogen) atoms. The lowest BCUT2D eigenvalue weighted by molar-refractivity contribution is 0.540. The molecule has 58 valence electrons. The Labute approximate surface area is 63.4 Å². The first-order valence-corrected chi connectivity index (χ1v) is 7.21. The Bertz CT molecular complexity index is 148. The number of aliphatic imine (C=N–C) groups is 1. The van der Waals surface area contributed by atoms with Crippen molar-refractivity contribution in [2.45, 2.75) is 32.5 Å². The fourth-order valence-electron chi connectivity index (χ4n) is 0.950. The molecule has 1 rings (SSSR count). The second-order valence-electron chi connectivity index (χ2n) is 3.59. The van der Waals surface area contributed by atoms with E-state index in [0.717, 1.165) is 18.9 Å². The topological polar surface area (TPSA) is 21.6 Å². The summed E-state index contributed by atoms with van der Waals surface area (Å²) in [6.07, 6.45) is 2.24. The molecule has 0 aromatic carbocycles. The molecule has 0 saturated carbocycles. The third kappa shape index (κ3) is 2.52. The van der Waals surface area contributed by atoms with E-state index in [1.54, 1.807) is 0 Å². The van der Waals surface area contributed by atoms with E-state index < -0.39 is 8.32 Å². The van der Waals surface area contributed by atoms with Gasteiger partial charge in [0.2, 0.25) is 8.32 Å². The fourth-order valence-corrected chi connectivity index (χ4v) is 1.82. The minimum atomic E-state index is -1.35. The molecule has 0 aromatic rings. The summed E-state index contributed by atoms with van der Waals surface area (Å²) in [4.78, 5) is 4.25. The van der Waals surface area contributed by atoms with E-state index in [9.17, 15) is 0 Å². The van der Waals surface area contributed by atoms with E-state index >= 15 is 0 Å². The van der Waals surface area contributed by atoms with Gasteiger partial charge in [0.05, 0.1) is 0 Å². The minimum absolute atomic E-state index is 0.972.